The van der Waals surface area contributed by atoms with E-state index >= 15 is 0 Å². The number of benzene rings is 2. The minimum Gasteiger partial charge on any atom is -0.348 e. The van der Waals surface area contributed by atoms with Gasteiger partial charge in [0.25, 0.3) is 11.5 Å². The number of nitrogens with one attached hydrogen (secondary N) is 3. The van der Waals surface area contributed by atoms with Crippen molar-refractivity contribution in [3.8, 4) is 11.4 Å². The molecule has 0 saturated carbocycles. The van der Waals surface area contributed by atoms with E-state index in [0.29, 0.717) is 17.0 Å². The lowest BCUT2D eigenvalue weighted by Gasteiger charge is -2.07. The standard InChI is InChI=1S/C19H15N5O2/c25-18(14-6-3-5-13(9-14)17-21-11-22-24-17)20-10-15-8-12-4-1-2-7-16(12)23-19(15)26/h1-9,11H,10H2,(H,20,25)(H,23,26)(H,21,22,24). The Morgan fingerprint density at radius 2 is 1.96 bits per heavy atom. The van der Waals surface area contributed by atoms with Gasteiger partial charge in [-0.15, -0.1) is 0 Å². The van der Waals surface area contributed by atoms with Gasteiger partial charge in [-0.1, -0.05) is 30.3 Å². The number of carbonyl (C=O) groups excluding carboxylic acids is 1. The number of aromatic amines is 2. The molecular formula is C19H15N5O2. The molecule has 3 N–H and O–H groups in total. The third kappa shape index (κ3) is 3.10. The molecule has 1 amide bonds. The number of H-pyrrole nitrogens is 2. The first kappa shape index (κ1) is 15.8. The molecule has 0 unspecified atom stereocenters. The first-order chi connectivity index (χ1) is 12.7. The Kier molecular flexibility index (Phi) is 4.03. The number of nitrogens with zero attached hydrogens (tertiary/aromatic N) is 2. The fraction of sp³-hybridized carbons (Fsp3) is 0.0526. The number of amides is 1. The lowest BCUT2D eigenvalue weighted by Crippen LogP contribution is -2.26. The van der Waals surface area contributed by atoms with Crippen LogP contribution in [0.5, 0.6) is 0 Å². The third-order valence-corrected chi connectivity index (χ3v) is 4.08. The van der Waals surface area contributed by atoms with Gasteiger partial charge in [0.15, 0.2) is 5.82 Å². The molecular weight excluding hydrogens is 330 g/mol. The second-order valence-corrected chi connectivity index (χ2v) is 5.81. The normalized spacial score (nSPS) is 10.8. The molecule has 7 heteroatoms. The monoisotopic (exact) mass is 345 g/mol. The van der Waals surface area contributed by atoms with Gasteiger partial charge in [0, 0.05) is 28.8 Å². The molecule has 0 radical (unpaired) electrons. The van der Waals surface area contributed by atoms with Crippen molar-refractivity contribution in [1.82, 2.24) is 25.5 Å². The maximum absolute atomic E-state index is 12.4. The number of fused-ring (bicyclic) bond motifs is 1. The van der Waals surface area contributed by atoms with Crippen molar-refractivity contribution in [2.45, 2.75) is 6.54 Å². The summed E-state index contributed by atoms with van der Waals surface area (Å²) in [5.41, 5.74) is 2.31. The van der Waals surface area contributed by atoms with E-state index in [9.17, 15) is 9.59 Å². The molecule has 2 aromatic carbocycles. The van der Waals surface area contributed by atoms with Gasteiger partial charge in [-0.2, -0.15) is 5.10 Å². The zero-order valence-corrected chi connectivity index (χ0v) is 13.7. The maximum atomic E-state index is 12.4. The van der Waals surface area contributed by atoms with E-state index in [-0.39, 0.29) is 18.0 Å². The van der Waals surface area contributed by atoms with Gasteiger partial charge in [-0.05, 0) is 29.7 Å². The molecule has 0 saturated heterocycles. The van der Waals surface area contributed by atoms with Crippen molar-refractivity contribution in [1.29, 1.82) is 0 Å². The van der Waals surface area contributed by atoms with Crippen molar-refractivity contribution in [2.24, 2.45) is 0 Å². The highest BCUT2D eigenvalue weighted by atomic mass is 16.1. The SMILES string of the molecule is O=C(NCc1cc2ccccc2[nH]c1=O)c1cccc(-c2ncn[nH]2)c1. The van der Waals surface area contributed by atoms with Gasteiger partial charge in [0.1, 0.15) is 6.33 Å². The fourth-order valence-electron chi connectivity index (χ4n) is 2.75. The van der Waals surface area contributed by atoms with Crippen LogP contribution in [0.3, 0.4) is 0 Å². The Bertz CT molecular complexity index is 1130. The summed E-state index contributed by atoms with van der Waals surface area (Å²) in [6.45, 7) is 0.144. The van der Waals surface area contributed by atoms with Gasteiger partial charge in [-0.25, -0.2) is 4.98 Å². The van der Waals surface area contributed by atoms with Crippen LogP contribution in [0.1, 0.15) is 15.9 Å². The molecule has 0 aliphatic rings. The van der Waals surface area contributed by atoms with Crippen LogP contribution in [-0.4, -0.2) is 26.1 Å². The molecule has 0 bridgehead atoms. The smallest absolute Gasteiger partial charge is 0.253 e. The van der Waals surface area contributed by atoms with Gasteiger partial charge in [0.05, 0.1) is 0 Å². The highest BCUT2D eigenvalue weighted by Crippen LogP contribution is 2.15. The van der Waals surface area contributed by atoms with Crippen LogP contribution >= 0.6 is 0 Å². The molecule has 4 rings (SSSR count). The lowest BCUT2D eigenvalue weighted by molar-refractivity contribution is 0.0951. The van der Waals surface area contributed by atoms with Gasteiger partial charge in [0.2, 0.25) is 0 Å². The summed E-state index contributed by atoms with van der Waals surface area (Å²) in [5, 5.41) is 10.3. The molecule has 2 heterocycles. The predicted molar refractivity (Wildman–Crippen MR) is 97.6 cm³/mol. The van der Waals surface area contributed by atoms with E-state index in [1.165, 1.54) is 6.33 Å². The van der Waals surface area contributed by atoms with Crippen LogP contribution in [0.15, 0.2) is 65.7 Å². The Hall–Kier alpha value is -3.74. The van der Waals surface area contributed by atoms with Gasteiger partial charge in [-0.3, -0.25) is 14.7 Å². The molecule has 0 fully saturated rings. The second kappa shape index (κ2) is 6.64. The zero-order valence-electron chi connectivity index (χ0n) is 13.7. The molecule has 26 heavy (non-hydrogen) atoms. The first-order valence-corrected chi connectivity index (χ1v) is 8.06. The number of rotatable bonds is 4. The molecule has 2 aromatic heterocycles. The maximum Gasteiger partial charge on any atom is 0.253 e. The summed E-state index contributed by atoms with van der Waals surface area (Å²) in [6, 6.07) is 16.4. The minimum absolute atomic E-state index is 0.144. The molecule has 4 aromatic rings. The second-order valence-electron chi connectivity index (χ2n) is 5.81. The summed E-state index contributed by atoms with van der Waals surface area (Å²) in [5.74, 6) is 0.324. The first-order valence-electron chi connectivity index (χ1n) is 8.06. The molecule has 7 nitrogen and oxygen atoms in total. The summed E-state index contributed by atoms with van der Waals surface area (Å²) in [6.07, 6.45) is 1.41. The number of carbonyl (C=O) groups is 1. The zero-order chi connectivity index (χ0) is 17.9. The van der Waals surface area contributed by atoms with Crippen molar-refractivity contribution >= 4 is 16.8 Å². The minimum atomic E-state index is -0.265. The molecule has 0 spiro atoms. The number of hydrogen-bond donors (Lipinski definition) is 3. The van der Waals surface area contributed by atoms with Crippen LogP contribution in [-0.2, 0) is 6.54 Å². The van der Waals surface area contributed by atoms with Crippen LogP contribution in [0.2, 0.25) is 0 Å². The summed E-state index contributed by atoms with van der Waals surface area (Å²) in [7, 11) is 0. The Morgan fingerprint density at radius 1 is 1.08 bits per heavy atom. The summed E-state index contributed by atoms with van der Waals surface area (Å²) >= 11 is 0. The topological polar surface area (TPSA) is 104 Å². The van der Waals surface area contributed by atoms with Crippen LogP contribution < -0.4 is 10.9 Å². The quantitative estimate of drug-likeness (QED) is 0.528. The summed E-state index contributed by atoms with van der Waals surface area (Å²) in [4.78, 5) is 31.5. The average Bonchev–Trinajstić information content (AvgIpc) is 3.21. The number of aromatic nitrogens is 4. The van der Waals surface area contributed by atoms with Crippen molar-refractivity contribution in [3.63, 3.8) is 0 Å². The van der Waals surface area contributed by atoms with Crippen molar-refractivity contribution < 1.29 is 4.79 Å². The van der Waals surface area contributed by atoms with Crippen molar-refractivity contribution in [3.05, 3.63) is 82.4 Å². The molecule has 0 aliphatic heterocycles. The Balaban J connectivity index is 1.53. The highest BCUT2D eigenvalue weighted by Gasteiger charge is 2.10. The highest BCUT2D eigenvalue weighted by molar-refractivity contribution is 5.95. The molecule has 128 valence electrons. The number of para-hydroxylation sites is 1. The third-order valence-electron chi connectivity index (χ3n) is 4.08. The largest absolute Gasteiger partial charge is 0.348 e. The van der Waals surface area contributed by atoms with Crippen LogP contribution in [0.25, 0.3) is 22.3 Å². The molecule has 0 aliphatic carbocycles. The Morgan fingerprint density at radius 3 is 2.81 bits per heavy atom. The van der Waals surface area contributed by atoms with E-state index in [1.807, 2.05) is 30.3 Å². The molecule has 0 atom stereocenters. The fourth-order valence-corrected chi connectivity index (χ4v) is 2.75. The van der Waals surface area contributed by atoms with E-state index in [0.717, 1.165) is 16.5 Å². The lowest BCUT2D eigenvalue weighted by atomic mass is 10.1. The van der Waals surface area contributed by atoms with E-state index in [2.05, 4.69) is 25.5 Å². The van der Waals surface area contributed by atoms with Crippen molar-refractivity contribution in [2.75, 3.05) is 0 Å². The van der Waals surface area contributed by atoms with Gasteiger partial charge < -0.3 is 10.3 Å². The predicted octanol–water partition coefficient (Wildman–Crippen LogP) is 2.24. The Labute approximate surface area is 148 Å². The summed E-state index contributed by atoms with van der Waals surface area (Å²) < 4.78 is 0. The number of hydrogen-bond acceptors (Lipinski definition) is 4. The van der Waals surface area contributed by atoms with Gasteiger partial charge >= 0.3 is 0 Å². The number of pyridine rings is 1. The van der Waals surface area contributed by atoms with Crippen LogP contribution in [0, 0.1) is 0 Å². The van der Waals surface area contributed by atoms with E-state index < -0.39 is 0 Å². The average molecular weight is 345 g/mol. The van der Waals surface area contributed by atoms with E-state index in [1.54, 1.807) is 24.3 Å². The van der Waals surface area contributed by atoms with E-state index in [4.69, 9.17) is 0 Å². The van der Waals surface area contributed by atoms with Crippen LogP contribution in [0.4, 0.5) is 0 Å².